The van der Waals surface area contributed by atoms with Crippen molar-refractivity contribution in [1.82, 2.24) is 14.8 Å². The minimum absolute atomic E-state index is 0.0453. The molecule has 1 aliphatic rings. The van der Waals surface area contributed by atoms with Crippen LogP contribution in [0, 0.1) is 12.8 Å². The molecule has 5 nitrogen and oxygen atoms in total. The van der Waals surface area contributed by atoms with E-state index in [0.717, 1.165) is 24.6 Å². The summed E-state index contributed by atoms with van der Waals surface area (Å²) in [5.74, 6) is 1.63. The van der Waals surface area contributed by atoms with Gasteiger partial charge >= 0.3 is 5.97 Å². The van der Waals surface area contributed by atoms with Gasteiger partial charge in [-0.3, -0.25) is 4.79 Å². The Labute approximate surface area is 82.1 Å². The summed E-state index contributed by atoms with van der Waals surface area (Å²) in [6, 6.07) is 0. The third-order valence-corrected chi connectivity index (χ3v) is 2.68. The average molecular weight is 195 g/mol. The summed E-state index contributed by atoms with van der Waals surface area (Å²) in [5, 5.41) is 8.01. The Hall–Kier alpha value is -1.39. The molecule has 0 spiro atoms. The van der Waals surface area contributed by atoms with Crippen LogP contribution in [0.4, 0.5) is 0 Å². The number of ether oxygens (including phenoxy) is 1. The molecule has 2 heterocycles. The fraction of sp³-hybridized carbons (Fsp3) is 0.667. The second kappa shape index (κ2) is 3.40. The first kappa shape index (κ1) is 9.18. The van der Waals surface area contributed by atoms with Gasteiger partial charge in [0.25, 0.3) is 0 Å². The lowest BCUT2D eigenvalue weighted by Gasteiger charge is -2.20. The van der Waals surface area contributed by atoms with Crippen LogP contribution >= 0.6 is 0 Å². The standard InChI is InChI=1S/C9H13N3O2/c1-6-10-11-8-5-7(9(13)14-2)3-4-12(6)8/h7H,3-5H2,1-2H3. The highest BCUT2D eigenvalue weighted by atomic mass is 16.5. The SMILES string of the molecule is COC(=O)C1CCn2c(C)nnc2C1. The summed E-state index contributed by atoms with van der Waals surface area (Å²) >= 11 is 0. The Morgan fingerprint density at radius 2 is 2.36 bits per heavy atom. The number of esters is 1. The molecule has 1 unspecified atom stereocenters. The van der Waals surface area contributed by atoms with Gasteiger partial charge in [0.05, 0.1) is 13.0 Å². The number of aryl methyl sites for hydroxylation is 1. The molecule has 76 valence electrons. The molecular weight excluding hydrogens is 182 g/mol. The zero-order valence-electron chi connectivity index (χ0n) is 8.36. The summed E-state index contributed by atoms with van der Waals surface area (Å²) in [7, 11) is 1.42. The molecule has 0 aromatic carbocycles. The molecule has 2 rings (SSSR count). The lowest BCUT2D eigenvalue weighted by Crippen LogP contribution is -2.27. The molecule has 0 fully saturated rings. The number of hydrogen-bond acceptors (Lipinski definition) is 4. The fourth-order valence-corrected chi connectivity index (χ4v) is 1.84. The monoisotopic (exact) mass is 195 g/mol. The minimum Gasteiger partial charge on any atom is -0.469 e. The normalized spacial score (nSPS) is 20.3. The highest BCUT2D eigenvalue weighted by Crippen LogP contribution is 2.20. The van der Waals surface area contributed by atoms with Crippen LogP contribution in [0.2, 0.25) is 0 Å². The molecule has 5 heteroatoms. The number of aromatic nitrogens is 3. The van der Waals surface area contributed by atoms with Gasteiger partial charge in [-0.15, -0.1) is 10.2 Å². The van der Waals surface area contributed by atoms with Gasteiger partial charge in [-0.2, -0.15) is 0 Å². The molecule has 0 aliphatic carbocycles. The Balaban J connectivity index is 2.18. The first-order valence-electron chi connectivity index (χ1n) is 4.69. The lowest BCUT2D eigenvalue weighted by molar-refractivity contribution is -0.146. The minimum atomic E-state index is -0.142. The molecule has 0 amide bonds. The highest BCUT2D eigenvalue weighted by Gasteiger charge is 2.27. The van der Waals surface area contributed by atoms with Gasteiger partial charge < -0.3 is 9.30 Å². The van der Waals surface area contributed by atoms with E-state index in [2.05, 4.69) is 14.8 Å². The Morgan fingerprint density at radius 1 is 1.57 bits per heavy atom. The van der Waals surface area contributed by atoms with Crippen LogP contribution < -0.4 is 0 Å². The Kier molecular flexibility index (Phi) is 2.23. The van der Waals surface area contributed by atoms with Crippen molar-refractivity contribution in [3.63, 3.8) is 0 Å². The molecule has 0 saturated heterocycles. The third-order valence-electron chi connectivity index (χ3n) is 2.68. The van der Waals surface area contributed by atoms with E-state index in [9.17, 15) is 4.79 Å². The maximum absolute atomic E-state index is 11.3. The molecule has 1 aromatic rings. The topological polar surface area (TPSA) is 57.0 Å². The van der Waals surface area contributed by atoms with Gasteiger partial charge in [0.15, 0.2) is 0 Å². The summed E-state index contributed by atoms with van der Waals surface area (Å²) in [4.78, 5) is 11.3. The smallest absolute Gasteiger partial charge is 0.309 e. The largest absolute Gasteiger partial charge is 0.469 e. The van der Waals surface area contributed by atoms with Crippen molar-refractivity contribution in [2.75, 3.05) is 7.11 Å². The molecule has 1 aromatic heterocycles. The van der Waals surface area contributed by atoms with Crippen LogP contribution in [0.25, 0.3) is 0 Å². The van der Waals surface area contributed by atoms with Gasteiger partial charge in [0.2, 0.25) is 0 Å². The van der Waals surface area contributed by atoms with E-state index in [1.165, 1.54) is 7.11 Å². The molecule has 1 atom stereocenters. The molecule has 14 heavy (non-hydrogen) atoms. The van der Waals surface area contributed by atoms with Gasteiger partial charge in [0, 0.05) is 13.0 Å². The zero-order chi connectivity index (χ0) is 10.1. The van der Waals surface area contributed by atoms with Crippen LogP contribution in [0.5, 0.6) is 0 Å². The predicted molar refractivity (Wildman–Crippen MR) is 48.6 cm³/mol. The number of carbonyl (C=O) groups excluding carboxylic acids is 1. The van der Waals surface area contributed by atoms with E-state index in [0.29, 0.717) is 6.42 Å². The van der Waals surface area contributed by atoms with Crippen molar-refractivity contribution in [1.29, 1.82) is 0 Å². The van der Waals surface area contributed by atoms with Crippen LogP contribution in [0.3, 0.4) is 0 Å². The van der Waals surface area contributed by atoms with Crippen LogP contribution in [0.15, 0.2) is 0 Å². The Bertz CT molecular complexity index is 359. The maximum Gasteiger partial charge on any atom is 0.309 e. The molecule has 0 N–H and O–H groups in total. The zero-order valence-corrected chi connectivity index (χ0v) is 8.36. The van der Waals surface area contributed by atoms with E-state index >= 15 is 0 Å². The van der Waals surface area contributed by atoms with Crippen LogP contribution in [-0.4, -0.2) is 27.8 Å². The number of fused-ring (bicyclic) bond motifs is 1. The maximum atomic E-state index is 11.3. The van der Waals surface area contributed by atoms with Crippen molar-refractivity contribution in [3.8, 4) is 0 Å². The number of nitrogens with zero attached hydrogens (tertiary/aromatic N) is 3. The second-order valence-corrected chi connectivity index (χ2v) is 3.53. The summed E-state index contributed by atoms with van der Waals surface area (Å²) in [6.45, 7) is 2.74. The summed E-state index contributed by atoms with van der Waals surface area (Å²) in [5.41, 5.74) is 0. The third kappa shape index (κ3) is 1.38. The summed E-state index contributed by atoms with van der Waals surface area (Å²) in [6.07, 6.45) is 1.46. The first-order valence-corrected chi connectivity index (χ1v) is 4.69. The molecule has 0 radical (unpaired) electrons. The highest BCUT2D eigenvalue weighted by molar-refractivity contribution is 5.72. The lowest BCUT2D eigenvalue weighted by atomic mass is 9.98. The van der Waals surface area contributed by atoms with Crippen LogP contribution in [0.1, 0.15) is 18.1 Å². The van der Waals surface area contributed by atoms with Gasteiger partial charge in [-0.1, -0.05) is 0 Å². The number of carbonyl (C=O) groups is 1. The molecule has 0 bridgehead atoms. The molecular formula is C9H13N3O2. The first-order chi connectivity index (χ1) is 6.72. The fourth-order valence-electron chi connectivity index (χ4n) is 1.84. The quantitative estimate of drug-likeness (QED) is 0.606. The van der Waals surface area contributed by atoms with E-state index in [4.69, 9.17) is 4.74 Å². The van der Waals surface area contributed by atoms with Crippen molar-refractivity contribution < 1.29 is 9.53 Å². The van der Waals surface area contributed by atoms with Crippen molar-refractivity contribution in [2.45, 2.75) is 26.3 Å². The summed E-state index contributed by atoms with van der Waals surface area (Å²) < 4.78 is 6.77. The molecule has 0 saturated carbocycles. The van der Waals surface area contributed by atoms with Crippen LogP contribution in [-0.2, 0) is 22.5 Å². The second-order valence-electron chi connectivity index (χ2n) is 3.53. The van der Waals surface area contributed by atoms with E-state index in [1.54, 1.807) is 0 Å². The van der Waals surface area contributed by atoms with E-state index in [1.807, 2.05) is 6.92 Å². The van der Waals surface area contributed by atoms with Gasteiger partial charge in [-0.05, 0) is 13.3 Å². The van der Waals surface area contributed by atoms with Crippen molar-refractivity contribution in [3.05, 3.63) is 11.6 Å². The van der Waals surface area contributed by atoms with E-state index in [-0.39, 0.29) is 11.9 Å². The van der Waals surface area contributed by atoms with Gasteiger partial charge in [0.1, 0.15) is 11.6 Å². The Morgan fingerprint density at radius 3 is 3.07 bits per heavy atom. The van der Waals surface area contributed by atoms with E-state index < -0.39 is 0 Å². The average Bonchev–Trinajstić information content (AvgIpc) is 2.59. The van der Waals surface area contributed by atoms with Gasteiger partial charge in [-0.25, -0.2) is 0 Å². The molecule has 1 aliphatic heterocycles. The number of hydrogen-bond donors (Lipinski definition) is 0. The number of methoxy groups -OCH3 is 1. The number of rotatable bonds is 1. The van der Waals surface area contributed by atoms with Crippen molar-refractivity contribution >= 4 is 5.97 Å². The van der Waals surface area contributed by atoms with Crippen molar-refractivity contribution in [2.24, 2.45) is 5.92 Å². The predicted octanol–water partition coefficient (Wildman–Crippen LogP) is 0.322.